The van der Waals surface area contributed by atoms with Crippen LogP contribution in [-0.2, 0) is 33.3 Å². The second-order valence-electron chi connectivity index (χ2n) is 7.82. The zero-order valence-corrected chi connectivity index (χ0v) is 16.5. The summed E-state index contributed by atoms with van der Waals surface area (Å²) in [4.78, 5) is 36.9. The molecule has 1 amide bonds. The van der Waals surface area contributed by atoms with E-state index < -0.39 is 35.3 Å². The molecule has 0 aromatic rings. The SMILES string of the molecule is COC(=O)[C@H](C[C@@]1(C(=O)OC)C[C@H]2OCCC[C@H]2O1)NC(=O)OC(C)(C)C. The number of hydrogen-bond acceptors (Lipinski definition) is 8. The third-order valence-corrected chi connectivity index (χ3v) is 4.56. The lowest BCUT2D eigenvalue weighted by Gasteiger charge is -2.30. The fraction of sp³-hybridized carbons (Fsp3) is 0.833. The number of rotatable bonds is 5. The first-order valence-corrected chi connectivity index (χ1v) is 9.05. The number of carbonyl (C=O) groups excluding carboxylic acids is 3. The predicted octanol–water partition coefficient (Wildman–Crippen LogP) is 1.32. The number of amides is 1. The summed E-state index contributed by atoms with van der Waals surface area (Å²) in [6, 6.07) is -1.14. The predicted molar refractivity (Wildman–Crippen MR) is 93.0 cm³/mol. The van der Waals surface area contributed by atoms with Crippen molar-refractivity contribution in [3.63, 3.8) is 0 Å². The van der Waals surface area contributed by atoms with Crippen LogP contribution < -0.4 is 5.32 Å². The molecule has 154 valence electrons. The van der Waals surface area contributed by atoms with Gasteiger partial charge in [0.2, 0.25) is 0 Å². The molecular weight excluding hydrogens is 358 g/mol. The summed E-state index contributed by atoms with van der Waals surface area (Å²) in [6.45, 7) is 5.71. The Morgan fingerprint density at radius 1 is 1.19 bits per heavy atom. The van der Waals surface area contributed by atoms with Gasteiger partial charge in [-0.05, 0) is 33.6 Å². The Kier molecular flexibility index (Phi) is 6.69. The third-order valence-electron chi connectivity index (χ3n) is 4.56. The van der Waals surface area contributed by atoms with Crippen LogP contribution in [0.4, 0.5) is 4.79 Å². The Morgan fingerprint density at radius 3 is 2.44 bits per heavy atom. The number of methoxy groups -OCH3 is 2. The molecular formula is C18H29NO8. The van der Waals surface area contributed by atoms with Gasteiger partial charge in [-0.1, -0.05) is 0 Å². The molecule has 2 aliphatic rings. The Morgan fingerprint density at radius 2 is 1.89 bits per heavy atom. The largest absolute Gasteiger partial charge is 0.467 e. The van der Waals surface area contributed by atoms with Crippen LogP contribution in [-0.4, -0.2) is 68.3 Å². The minimum atomic E-state index is -1.40. The first kappa shape index (κ1) is 21.4. The molecule has 9 nitrogen and oxygen atoms in total. The summed E-state index contributed by atoms with van der Waals surface area (Å²) in [5.41, 5.74) is -2.14. The highest BCUT2D eigenvalue weighted by Gasteiger charge is 2.55. The van der Waals surface area contributed by atoms with Crippen molar-refractivity contribution in [3.8, 4) is 0 Å². The van der Waals surface area contributed by atoms with E-state index in [1.165, 1.54) is 14.2 Å². The number of carbonyl (C=O) groups is 3. The summed E-state index contributed by atoms with van der Waals surface area (Å²) in [6.07, 6.45) is 0.399. The molecule has 0 aliphatic carbocycles. The van der Waals surface area contributed by atoms with Crippen molar-refractivity contribution in [3.05, 3.63) is 0 Å². The first-order chi connectivity index (χ1) is 12.6. The quantitative estimate of drug-likeness (QED) is 0.556. The summed E-state index contributed by atoms with van der Waals surface area (Å²) in [5.74, 6) is -1.32. The number of nitrogens with one attached hydrogen (secondary N) is 1. The molecule has 9 heteroatoms. The van der Waals surface area contributed by atoms with Crippen LogP contribution in [0.5, 0.6) is 0 Å². The average Bonchev–Trinajstić information content (AvgIpc) is 2.97. The van der Waals surface area contributed by atoms with Crippen molar-refractivity contribution in [1.29, 1.82) is 0 Å². The lowest BCUT2D eigenvalue weighted by molar-refractivity contribution is -0.172. The van der Waals surface area contributed by atoms with Gasteiger partial charge in [0.1, 0.15) is 11.6 Å². The maximum atomic E-state index is 12.5. The van der Waals surface area contributed by atoms with Crippen molar-refractivity contribution in [2.24, 2.45) is 0 Å². The van der Waals surface area contributed by atoms with Crippen LogP contribution in [0.25, 0.3) is 0 Å². The van der Waals surface area contributed by atoms with Crippen molar-refractivity contribution >= 4 is 18.0 Å². The average molecular weight is 387 g/mol. The Balaban J connectivity index is 2.19. The number of hydrogen-bond donors (Lipinski definition) is 1. The van der Waals surface area contributed by atoms with E-state index in [-0.39, 0.29) is 25.0 Å². The molecule has 2 rings (SSSR count). The zero-order chi connectivity index (χ0) is 20.2. The molecule has 0 bridgehead atoms. The van der Waals surface area contributed by atoms with E-state index >= 15 is 0 Å². The van der Waals surface area contributed by atoms with Gasteiger partial charge < -0.3 is 29.0 Å². The highest BCUT2D eigenvalue weighted by Crippen LogP contribution is 2.40. The first-order valence-electron chi connectivity index (χ1n) is 9.05. The van der Waals surface area contributed by atoms with Gasteiger partial charge in [0, 0.05) is 19.4 Å². The summed E-state index contributed by atoms with van der Waals surface area (Å²) < 4.78 is 26.6. The normalized spacial score (nSPS) is 28.6. The van der Waals surface area contributed by atoms with E-state index in [0.717, 1.165) is 12.8 Å². The molecule has 0 unspecified atom stereocenters. The Labute approximate surface area is 159 Å². The van der Waals surface area contributed by atoms with Crippen molar-refractivity contribution in [2.75, 3.05) is 20.8 Å². The molecule has 2 saturated heterocycles. The van der Waals surface area contributed by atoms with Crippen LogP contribution >= 0.6 is 0 Å². The minimum absolute atomic E-state index is 0.137. The van der Waals surface area contributed by atoms with E-state index in [1.54, 1.807) is 20.8 Å². The highest BCUT2D eigenvalue weighted by atomic mass is 16.6. The Bertz CT molecular complexity index is 556. The van der Waals surface area contributed by atoms with Gasteiger partial charge in [-0.3, -0.25) is 0 Å². The lowest BCUT2D eigenvalue weighted by atomic mass is 9.89. The summed E-state index contributed by atoms with van der Waals surface area (Å²) in [5, 5.41) is 2.47. The van der Waals surface area contributed by atoms with Crippen LogP contribution in [0.2, 0.25) is 0 Å². The fourth-order valence-corrected chi connectivity index (χ4v) is 3.45. The Hall–Kier alpha value is -1.87. The topological polar surface area (TPSA) is 109 Å². The minimum Gasteiger partial charge on any atom is -0.467 e. The van der Waals surface area contributed by atoms with E-state index in [1.807, 2.05) is 0 Å². The van der Waals surface area contributed by atoms with Crippen molar-refractivity contribution < 1.29 is 38.1 Å². The van der Waals surface area contributed by atoms with Crippen molar-refractivity contribution in [2.45, 2.75) is 75.9 Å². The molecule has 1 N–H and O–H groups in total. The van der Waals surface area contributed by atoms with Gasteiger partial charge in [-0.15, -0.1) is 0 Å². The van der Waals surface area contributed by atoms with E-state index in [2.05, 4.69) is 5.32 Å². The zero-order valence-electron chi connectivity index (χ0n) is 16.5. The van der Waals surface area contributed by atoms with Gasteiger partial charge in [0.15, 0.2) is 5.60 Å². The second kappa shape index (κ2) is 8.43. The van der Waals surface area contributed by atoms with Crippen LogP contribution in [0.1, 0.15) is 46.5 Å². The maximum Gasteiger partial charge on any atom is 0.408 e. The number of esters is 2. The fourth-order valence-electron chi connectivity index (χ4n) is 3.45. The third kappa shape index (κ3) is 5.32. The number of fused-ring (bicyclic) bond motifs is 1. The van der Waals surface area contributed by atoms with Crippen LogP contribution in [0, 0.1) is 0 Å². The van der Waals surface area contributed by atoms with Gasteiger partial charge in [-0.25, -0.2) is 14.4 Å². The highest BCUT2D eigenvalue weighted by molar-refractivity contribution is 5.85. The smallest absolute Gasteiger partial charge is 0.408 e. The van der Waals surface area contributed by atoms with Gasteiger partial charge >= 0.3 is 18.0 Å². The monoisotopic (exact) mass is 387 g/mol. The molecule has 0 aromatic carbocycles. The molecule has 2 fully saturated rings. The van der Waals surface area contributed by atoms with E-state index in [4.69, 9.17) is 23.7 Å². The van der Waals surface area contributed by atoms with E-state index in [9.17, 15) is 14.4 Å². The molecule has 27 heavy (non-hydrogen) atoms. The number of ether oxygens (including phenoxy) is 5. The van der Waals surface area contributed by atoms with Gasteiger partial charge in [0.25, 0.3) is 0 Å². The van der Waals surface area contributed by atoms with E-state index in [0.29, 0.717) is 6.61 Å². The van der Waals surface area contributed by atoms with Gasteiger partial charge in [0.05, 0.1) is 26.4 Å². The summed E-state index contributed by atoms with van der Waals surface area (Å²) >= 11 is 0. The van der Waals surface area contributed by atoms with Crippen LogP contribution in [0.3, 0.4) is 0 Å². The molecule has 0 spiro atoms. The molecule has 0 radical (unpaired) electrons. The molecule has 2 aliphatic heterocycles. The molecule has 0 aromatic heterocycles. The van der Waals surface area contributed by atoms with Crippen LogP contribution in [0.15, 0.2) is 0 Å². The maximum absolute atomic E-state index is 12.5. The standard InChI is InChI=1S/C18H29NO8/c1-17(2,3)27-16(22)19-11(14(20)23-4)9-18(15(21)24-5)10-13-12(26-18)7-6-8-25-13/h11-13H,6-10H2,1-5H3,(H,19,22)/t11-,12+,13+,18-/m0/s1. The molecule has 0 saturated carbocycles. The number of alkyl carbamates (subject to hydrolysis) is 1. The van der Waals surface area contributed by atoms with Crippen molar-refractivity contribution in [1.82, 2.24) is 5.32 Å². The molecule has 2 heterocycles. The van der Waals surface area contributed by atoms with Gasteiger partial charge in [-0.2, -0.15) is 0 Å². The summed E-state index contributed by atoms with van der Waals surface area (Å²) in [7, 11) is 2.46. The second-order valence-corrected chi connectivity index (χ2v) is 7.82. The lowest BCUT2D eigenvalue weighted by Crippen LogP contribution is -2.51. The molecule has 4 atom stereocenters.